The number of amides is 12. The van der Waals surface area contributed by atoms with Crippen molar-refractivity contribution in [2.24, 2.45) is 88.3 Å². The van der Waals surface area contributed by atoms with Crippen molar-refractivity contribution in [1.82, 2.24) is 29.4 Å². The van der Waals surface area contributed by atoms with E-state index in [1.165, 1.54) is 42.2 Å². The fourth-order valence-corrected chi connectivity index (χ4v) is 19.4. The Labute approximate surface area is 527 Å². The van der Waals surface area contributed by atoms with Crippen molar-refractivity contribution >= 4 is 70.9 Å². The molecule has 19 heteroatoms. The van der Waals surface area contributed by atoms with Crippen LogP contribution in [0.15, 0.2) is 12.2 Å². The highest BCUT2D eigenvalue weighted by Gasteiger charge is 2.64. The summed E-state index contributed by atoms with van der Waals surface area (Å²) in [5.74, 6) is 2.53. The number of hydrogen-bond donors (Lipinski definition) is 0. The second-order valence-electron chi connectivity index (χ2n) is 30.6. The quantitative estimate of drug-likeness (QED) is 0.179. The summed E-state index contributed by atoms with van der Waals surface area (Å²) < 4.78 is 5.64. The van der Waals surface area contributed by atoms with Gasteiger partial charge in [-0.2, -0.15) is 0 Å². The summed E-state index contributed by atoms with van der Waals surface area (Å²) >= 11 is 0. The normalized spacial score (nSPS) is 36.6. The molecule has 16 aliphatic rings. The molecule has 14 atom stereocenters. The molecule has 490 valence electrons. The lowest BCUT2D eigenvalue weighted by atomic mass is 9.59. The Hall–Kier alpha value is -5.46. The van der Waals surface area contributed by atoms with Crippen LogP contribution in [0, 0.1) is 88.3 Å². The van der Waals surface area contributed by atoms with Crippen LogP contribution in [0.5, 0.6) is 0 Å². The SMILES string of the molecule is CC(C)N1C(=O)C2C(C1=O)[C@H]1CC[C@@H]2C1.CC(C)N1C(=O)C2C(C1=O)[C@H]1CC[C@@H]2O1.CC(C)N1C(=O)C2C3CCC(CC3)C2C1=O.CC(C)N1C(=O)C2CC=CCC2C1=O.CC(C)N1C(=O)C2CCCCC2C1=O.CC(C)N1C(=O)CC2(CCCC2)CC1=O. The molecule has 0 radical (unpaired) electrons. The van der Waals surface area contributed by atoms with E-state index in [4.69, 9.17) is 4.74 Å². The first-order valence-electron chi connectivity index (χ1n) is 34.6. The van der Waals surface area contributed by atoms with Crippen LogP contribution in [-0.2, 0) is 62.3 Å². The molecular formula is C70H102N6O13. The van der Waals surface area contributed by atoms with E-state index in [1.807, 2.05) is 95.2 Å². The van der Waals surface area contributed by atoms with Gasteiger partial charge in [-0.3, -0.25) is 86.9 Å². The van der Waals surface area contributed by atoms with E-state index >= 15 is 0 Å². The monoisotopic (exact) mass is 1230 g/mol. The molecule has 15 fully saturated rings. The van der Waals surface area contributed by atoms with E-state index in [0.717, 1.165) is 109 Å². The van der Waals surface area contributed by atoms with Crippen molar-refractivity contribution in [2.75, 3.05) is 0 Å². The number of piperidine rings is 1. The zero-order valence-corrected chi connectivity index (χ0v) is 55.2. The Kier molecular flexibility index (Phi) is 19.6. The van der Waals surface area contributed by atoms with Gasteiger partial charge >= 0.3 is 0 Å². The van der Waals surface area contributed by atoms with Gasteiger partial charge in [0.1, 0.15) is 0 Å². The van der Waals surface area contributed by atoms with Gasteiger partial charge in [0.15, 0.2) is 0 Å². The first-order valence-corrected chi connectivity index (χ1v) is 34.6. The number of likely N-dealkylation sites (tertiary alicyclic amines) is 6. The Bertz CT molecular complexity index is 2630. The van der Waals surface area contributed by atoms with Crippen LogP contribution in [-0.4, -0.2) is 149 Å². The van der Waals surface area contributed by atoms with Crippen LogP contribution < -0.4 is 0 Å². The molecule has 0 N–H and O–H groups in total. The highest BCUT2D eigenvalue weighted by molar-refractivity contribution is 6.09. The standard InChI is InChI=1S/C13H19NO2.C12H17NO2.C12H19NO2.C11H15NO3.C11H17NO2.C11H15NO2/c1-7(2)14-12(15)10-8-3-4-9(6-5-8)11(10)13(14)16;1-6(2)13-11(14)9-7-3-4-8(5-7)10(9)12(13)15;1-9(2)13-10(14)7-12(8-11(13)15)5-3-4-6-12;1-5(2)12-10(13)8-6-3-4-7(15-6)9(8)11(12)14;2*1-7(2)12-10(13)8-5-3-4-6-9(8)11(12)14/h7-11H,3-6H2,1-2H3;6-10H,3-5H2,1-2H3;9H,3-8H2,1-2H3;5-9H,3-4H2,1-2H3;7-9H,3-6H2,1-2H3;3-4,7-9H,5-6H2,1-2H3/t;7-,8+,9?,10?;;6-,7+,8?,9?;;. The lowest BCUT2D eigenvalue weighted by Crippen LogP contribution is -2.50. The van der Waals surface area contributed by atoms with Gasteiger partial charge in [-0.05, 0) is 208 Å². The fraction of sp³-hybridized carbons (Fsp3) is 0.800. The predicted molar refractivity (Wildman–Crippen MR) is 328 cm³/mol. The third kappa shape index (κ3) is 12.0. The maximum absolute atomic E-state index is 12.3. The van der Waals surface area contributed by atoms with Crippen molar-refractivity contribution in [3.8, 4) is 0 Å². The number of imide groups is 6. The summed E-state index contributed by atoms with van der Waals surface area (Å²) in [5, 5.41) is 0. The smallest absolute Gasteiger partial charge is 0.236 e. The molecule has 0 aromatic rings. The number of carbonyl (C=O) groups excluding carboxylic acids is 12. The lowest BCUT2D eigenvalue weighted by molar-refractivity contribution is -0.156. The fourth-order valence-electron chi connectivity index (χ4n) is 19.4. The minimum Gasteiger partial charge on any atom is -0.373 e. The summed E-state index contributed by atoms with van der Waals surface area (Å²) in [4.78, 5) is 153. The highest BCUT2D eigenvalue weighted by Crippen LogP contribution is 2.57. The summed E-state index contributed by atoms with van der Waals surface area (Å²) in [6.45, 7) is 22.9. The first kappa shape index (κ1) is 66.5. The highest BCUT2D eigenvalue weighted by atomic mass is 16.5. The van der Waals surface area contributed by atoms with Crippen LogP contribution in [0.25, 0.3) is 0 Å². The van der Waals surface area contributed by atoms with Gasteiger partial charge in [-0.1, -0.05) is 37.8 Å². The molecule has 1 spiro atoms. The Morgan fingerprint density at radius 1 is 0.326 bits per heavy atom. The number of rotatable bonds is 6. The average Bonchev–Trinajstić information content (AvgIpc) is 1.62. The molecule has 8 aliphatic heterocycles. The van der Waals surface area contributed by atoms with Crippen molar-refractivity contribution in [2.45, 2.75) is 266 Å². The van der Waals surface area contributed by atoms with E-state index in [2.05, 4.69) is 0 Å². The number of nitrogens with zero attached hydrogens (tertiary/aromatic N) is 6. The summed E-state index contributed by atoms with van der Waals surface area (Å²) in [7, 11) is 0. The summed E-state index contributed by atoms with van der Waals surface area (Å²) in [6, 6.07) is 0.0972. The molecule has 8 aliphatic carbocycles. The minimum atomic E-state index is -0.168. The van der Waals surface area contributed by atoms with Crippen molar-refractivity contribution in [1.29, 1.82) is 0 Å². The number of carbonyl (C=O) groups is 12. The second-order valence-corrected chi connectivity index (χ2v) is 30.6. The van der Waals surface area contributed by atoms with Crippen molar-refractivity contribution in [3.63, 3.8) is 0 Å². The van der Waals surface area contributed by atoms with Gasteiger partial charge in [-0.25, -0.2) is 0 Å². The molecule has 6 bridgehead atoms. The maximum Gasteiger partial charge on any atom is 0.236 e. The third-order valence-electron chi connectivity index (χ3n) is 23.3. The van der Waals surface area contributed by atoms with Gasteiger partial charge in [0, 0.05) is 49.1 Å². The minimum absolute atomic E-state index is 0.000556. The second kappa shape index (κ2) is 26.3. The molecule has 12 amide bonds. The molecule has 16 rings (SSSR count). The Balaban J connectivity index is 0.000000118. The van der Waals surface area contributed by atoms with Crippen molar-refractivity contribution < 1.29 is 62.3 Å². The molecule has 10 unspecified atom stereocenters. The zero-order chi connectivity index (χ0) is 64.6. The molecular weight excluding hydrogens is 1130 g/mol. The number of hydrogen-bond acceptors (Lipinski definition) is 13. The van der Waals surface area contributed by atoms with Crippen LogP contribution in [0.3, 0.4) is 0 Å². The maximum atomic E-state index is 12.3. The number of ether oxygens (including phenoxy) is 1. The topological polar surface area (TPSA) is 234 Å². The lowest BCUT2D eigenvalue weighted by Gasteiger charge is -2.42. The largest absolute Gasteiger partial charge is 0.373 e. The van der Waals surface area contributed by atoms with Gasteiger partial charge in [0.2, 0.25) is 70.9 Å². The predicted octanol–water partition coefficient (Wildman–Crippen LogP) is 8.82. The van der Waals surface area contributed by atoms with E-state index in [1.54, 1.807) is 0 Å². The summed E-state index contributed by atoms with van der Waals surface area (Å²) in [5.41, 5.74) is 0.0412. The molecule has 8 heterocycles. The van der Waals surface area contributed by atoms with Crippen molar-refractivity contribution in [3.05, 3.63) is 12.2 Å². The van der Waals surface area contributed by atoms with Gasteiger partial charge in [-0.15, -0.1) is 0 Å². The van der Waals surface area contributed by atoms with E-state index in [0.29, 0.717) is 36.5 Å². The van der Waals surface area contributed by atoms with Crippen LogP contribution in [0.4, 0.5) is 0 Å². The summed E-state index contributed by atoms with van der Waals surface area (Å²) in [6.07, 6.45) is 25.2. The Morgan fingerprint density at radius 2 is 0.607 bits per heavy atom. The van der Waals surface area contributed by atoms with Gasteiger partial charge in [0.25, 0.3) is 0 Å². The van der Waals surface area contributed by atoms with E-state index in [9.17, 15) is 57.5 Å². The van der Waals surface area contributed by atoms with E-state index < -0.39 is 0 Å². The van der Waals surface area contributed by atoms with Gasteiger partial charge in [0.05, 0.1) is 71.4 Å². The molecule has 19 nitrogen and oxygen atoms in total. The molecule has 0 aromatic carbocycles. The Morgan fingerprint density at radius 3 is 0.933 bits per heavy atom. The van der Waals surface area contributed by atoms with E-state index in [-0.39, 0.29) is 184 Å². The van der Waals surface area contributed by atoms with Crippen LogP contribution in [0.1, 0.15) is 218 Å². The molecule has 0 aromatic heterocycles. The van der Waals surface area contributed by atoms with Crippen LogP contribution >= 0.6 is 0 Å². The van der Waals surface area contributed by atoms with Crippen LogP contribution in [0.2, 0.25) is 0 Å². The zero-order valence-electron chi connectivity index (χ0n) is 55.2. The molecule has 7 saturated carbocycles. The number of allylic oxidation sites excluding steroid dienone is 2. The molecule has 8 saturated heterocycles. The average molecular weight is 1240 g/mol. The molecule has 89 heavy (non-hydrogen) atoms. The first-order chi connectivity index (χ1) is 42.1. The van der Waals surface area contributed by atoms with Gasteiger partial charge < -0.3 is 4.74 Å². The third-order valence-corrected chi connectivity index (χ3v) is 23.3. The number of fused-ring (bicyclic) bond motifs is 14.